The number of carbonyl (C=O) groups excluding carboxylic acids is 2. The standard InChI is InChI=1S/C21H33N3O5S/c1-6-11-30(27,28)22-19-9-7-18(8-10-19)20(25)23-12-16(4)24(17(5)13-23)21(26)29-14-15(2)3/h7-10,15-17,22H,6,11-14H2,1-5H3/t16-,17+. The van der Waals surface area contributed by atoms with Crippen molar-refractivity contribution in [1.82, 2.24) is 9.80 Å². The van der Waals surface area contributed by atoms with E-state index in [0.29, 0.717) is 37.4 Å². The maximum Gasteiger partial charge on any atom is 0.410 e. The first-order valence-electron chi connectivity index (χ1n) is 10.4. The normalized spacial score (nSPS) is 19.7. The number of sulfonamides is 1. The van der Waals surface area contributed by atoms with Gasteiger partial charge in [-0.05, 0) is 50.5 Å². The Hall–Kier alpha value is -2.29. The van der Waals surface area contributed by atoms with E-state index in [0.717, 1.165) is 0 Å². The van der Waals surface area contributed by atoms with Crippen LogP contribution in [-0.4, -0.2) is 67.8 Å². The monoisotopic (exact) mass is 439 g/mol. The van der Waals surface area contributed by atoms with Gasteiger partial charge >= 0.3 is 6.09 Å². The highest BCUT2D eigenvalue weighted by Crippen LogP contribution is 2.20. The third kappa shape index (κ3) is 6.35. The second-order valence-corrected chi connectivity index (χ2v) is 10.1. The van der Waals surface area contributed by atoms with Crippen molar-refractivity contribution in [2.75, 3.05) is 30.2 Å². The molecule has 1 aliphatic heterocycles. The highest BCUT2D eigenvalue weighted by atomic mass is 32.2. The summed E-state index contributed by atoms with van der Waals surface area (Å²) in [5, 5.41) is 0. The Morgan fingerprint density at radius 2 is 1.70 bits per heavy atom. The molecule has 1 N–H and O–H groups in total. The number of rotatable bonds is 7. The fourth-order valence-corrected chi connectivity index (χ4v) is 4.66. The summed E-state index contributed by atoms with van der Waals surface area (Å²) in [6, 6.07) is 6.07. The second kappa shape index (κ2) is 10.1. The van der Waals surface area contributed by atoms with Gasteiger partial charge in [0.1, 0.15) is 0 Å². The summed E-state index contributed by atoms with van der Waals surface area (Å²) in [7, 11) is -3.37. The molecule has 0 saturated carbocycles. The van der Waals surface area contributed by atoms with E-state index in [1.165, 1.54) is 0 Å². The van der Waals surface area contributed by atoms with Gasteiger partial charge in [0.25, 0.3) is 5.91 Å². The molecule has 0 bridgehead atoms. The number of amides is 2. The van der Waals surface area contributed by atoms with Crippen LogP contribution in [0.25, 0.3) is 0 Å². The summed E-state index contributed by atoms with van der Waals surface area (Å²) in [6.07, 6.45) is 0.179. The van der Waals surface area contributed by atoms with Gasteiger partial charge in [-0.25, -0.2) is 13.2 Å². The maximum atomic E-state index is 12.9. The maximum absolute atomic E-state index is 12.9. The van der Waals surface area contributed by atoms with E-state index in [4.69, 9.17) is 4.74 Å². The molecule has 1 fully saturated rings. The van der Waals surface area contributed by atoms with Crippen LogP contribution in [0.5, 0.6) is 0 Å². The first-order chi connectivity index (χ1) is 14.0. The summed E-state index contributed by atoms with van der Waals surface area (Å²) in [5.74, 6) is 0.163. The minimum atomic E-state index is -3.37. The molecule has 30 heavy (non-hydrogen) atoms. The number of nitrogens with one attached hydrogen (secondary N) is 1. The first kappa shape index (κ1) is 24.0. The van der Waals surface area contributed by atoms with Gasteiger partial charge in [0, 0.05) is 24.3 Å². The zero-order chi connectivity index (χ0) is 22.5. The molecule has 0 radical (unpaired) electrons. The Labute approximate surface area is 179 Å². The van der Waals surface area contributed by atoms with Gasteiger partial charge in [-0.1, -0.05) is 20.8 Å². The van der Waals surface area contributed by atoms with E-state index in [9.17, 15) is 18.0 Å². The number of piperazine rings is 1. The summed E-state index contributed by atoms with van der Waals surface area (Å²) < 4.78 is 31.6. The van der Waals surface area contributed by atoms with Crippen LogP contribution in [0.4, 0.5) is 10.5 Å². The van der Waals surface area contributed by atoms with Crippen molar-refractivity contribution < 1.29 is 22.7 Å². The highest BCUT2D eigenvalue weighted by Gasteiger charge is 2.36. The Kier molecular flexibility index (Phi) is 8.11. The van der Waals surface area contributed by atoms with E-state index < -0.39 is 10.0 Å². The molecule has 1 aliphatic rings. The first-order valence-corrected chi connectivity index (χ1v) is 12.0. The molecule has 2 atom stereocenters. The number of carbonyl (C=O) groups is 2. The minimum absolute atomic E-state index is 0.0489. The Balaban J connectivity index is 2.02. The average molecular weight is 440 g/mol. The largest absolute Gasteiger partial charge is 0.449 e. The molecule has 1 heterocycles. The van der Waals surface area contributed by atoms with Crippen LogP contribution in [0.15, 0.2) is 24.3 Å². The van der Waals surface area contributed by atoms with Crippen molar-refractivity contribution in [1.29, 1.82) is 0 Å². The van der Waals surface area contributed by atoms with E-state index in [2.05, 4.69) is 4.72 Å². The third-order valence-electron chi connectivity index (χ3n) is 4.84. The van der Waals surface area contributed by atoms with Crippen molar-refractivity contribution in [2.24, 2.45) is 5.92 Å². The molecule has 1 aromatic carbocycles. The van der Waals surface area contributed by atoms with Gasteiger partial charge in [-0.2, -0.15) is 0 Å². The number of benzene rings is 1. The molecular formula is C21H33N3O5S. The quantitative estimate of drug-likeness (QED) is 0.704. The van der Waals surface area contributed by atoms with Gasteiger partial charge in [0.05, 0.1) is 24.4 Å². The molecule has 0 unspecified atom stereocenters. The van der Waals surface area contributed by atoms with Crippen LogP contribution < -0.4 is 4.72 Å². The van der Waals surface area contributed by atoms with Gasteiger partial charge in [0.2, 0.25) is 10.0 Å². The zero-order valence-electron chi connectivity index (χ0n) is 18.4. The second-order valence-electron chi connectivity index (χ2n) is 8.28. The van der Waals surface area contributed by atoms with Crippen LogP contribution in [-0.2, 0) is 14.8 Å². The summed E-state index contributed by atoms with van der Waals surface area (Å²) >= 11 is 0. The van der Waals surface area contributed by atoms with Crippen molar-refractivity contribution in [3.63, 3.8) is 0 Å². The molecule has 0 aromatic heterocycles. The number of nitrogens with zero attached hydrogens (tertiary/aromatic N) is 2. The lowest BCUT2D eigenvalue weighted by molar-refractivity contribution is 0.0185. The molecular weight excluding hydrogens is 406 g/mol. The molecule has 0 aliphatic carbocycles. The van der Waals surface area contributed by atoms with E-state index in [-0.39, 0.29) is 35.8 Å². The topological polar surface area (TPSA) is 96.0 Å². The molecule has 1 saturated heterocycles. The lowest BCUT2D eigenvalue weighted by Crippen LogP contribution is -2.60. The number of anilines is 1. The van der Waals surface area contributed by atoms with Crippen molar-refractivity contribution in [2.45, 2.75) is 53.1 Å². The van der Waals surface area contributed by atoms with Crippen molar-refractivity contribution in [3.05, 3.63) is 29.8 Å². The van der Waals surface area contributed by atoms with E-state index >= 15 is 0 Å². The van der Waals surface area contributed by atoms with Crippen LogP contribution in [0.1, 0.15) is 51.4 Å². The van der Waals surface area contributed by atoms with Gasteiger partial charge in [-0.3, -0.25) is 14.4 Å². The average Bonchev–Trinajstić information content (AvgIpc) is 2.65. The van der Waals surface area contributed by atoms with Gasteiger partial charge < -0.3 is 9.64 Å². The van der Waals surface area contributed by atoms with Crippen LogP contribution in [0, 0.1) is 5.92 Å². The molecule has 0 spiro atoms. The third-order valence-corrected chi connectivity index (χ3v) is 6.33. The molecule has 1 aromatic rings. The van der Waals surface area contributed by atoms with Crippen molar-refractivity contribution >= 4 is 27.7 Å². The Morgan fingerprint density at radius 1 is 1.13 bits per heavy atom. The number of hydrogen-bond donors (Lipinski definition) is 1. The fraction of sp³-hybridized carbons (Fsp3) is 0.619. The predicted octanol–water partition coefficient (Wildman–Crippen LogP) is 3.17. The highest BCUT2D eigenvalue weighted by molar-refractivity contribution is 7.92. The molecule has 168 valence electrons. The molecule has 2 rings (SSSR count). The SMILES string of the molecule is CCCS(=O)(=O)Nc1ccc(C(=O)N2C[C@@H](C)N(C(=O)OCC(C)C)[C@@H](C)C2)cc1. The smallest absolute Gasteiger partial charge is 0.410 e. The van der Waals surface area contributed by atoms with E-state index in [1.807, 2.05) is 27.7 Å². The van der Waals surface area contributed by atoms with E-state index in [1.54, 1.807) is 41.0 Å². The Bertz CT molecular complexity index is 827. The Morgan fingerprint density at radius 3 is 2.20 bits per heavy atom. The van der Waals surface area contributed by atoms with Crippen LogP contribution >= 0.6 is 0 Å². The van der Waals surface area contributed by atoms with Gasteiger partial charge in [-0.15, -0.1) is 0 Å². The lowest BCUT2D eigenvalue weighted by Gasteiger charge is -2.43. The van der Waals surface area contributed by atoms with Crippen LogP contribution in [0.3, 0.4) is 0 Å². The molecule has 8 nitrogen and oxygen atoms in total. The number of hydrogen-bond acceptors (Lipinski definition) is 5. The predicted molar refractivity (Wildman–Crippen MR) is 117 cm³/mol. The molecule has 2 amide bonds. The summed E-state index contributed by atoms with van der Waals surface area (Å²) in [5.41, 5.74) is 0.906. The summed E-state index contributed by atoms with van der Waals surface area (Å²) in [6.45, 7) is 10.7. The van der Waals surface area contributed by atoms with Gasteiger partial charge in [0.15, 0.2) is 0 Å². The minimum Gasteiger partial charge on any atom is -0.449 e. The van der Waals surface area contributed by atoms with Crippen molar-refractivity contribution in [3.8, 4) is 0 Å². The van der Waals surface area contributed by atoms with Crippen LogP contribution in [0.2, 0.25) is 0 Å². The molecule has 9 heteroatoms. The zero-order valence-corrected chi connectivity index (χ0v) is 19.2. The lowest BCUT2D eigenvalue weighted by atomic mass is 10.1. The fourth-order valence-electron chi connectivity index (χ4n) is 3.52. The number of ether oxygens (including phenoxy) is 1. The summed E-state index contributed by atoms with van der Waals surface area (Å²) in [4.78, 5) is 28.8.